The van der Waals surface area contributed by atoms with E-state index in [9.17, 15) is 4.79 Å². The van der Waals surface area contributed by atoms with Gasteiger partial charge in [-0.1, -0.05) is 119 Å². The molecule has 0 N–H and O–H groups in total. The zero-order valence-electron chi connectivity index (χ0n) is 26.2. The van der Waals surface area contributed by atoms with Crippen LogP contribution in [0.25, 0.3) is 0 Å². The molecule has 3 nitrogen and oxygen atoms in total. The molecule has 2 atom stereocenters. The van der Waals surface area contributed by atoms with Gasteiger partial charge in [-0.05, 0) is 71.3 Å². The molecule has 4 rings (SSSR count). The summed E-state index contributed by atoms with van der Waals surface area (Å²) >= 11 is 0. The van der Waals surface area contributed by atoms with Crippen LogP contribution >= 0.6 is 0 Å². The Morgan fingerprint density at radius 1 is 0.902 bits per heavy atom. The molecule has 0 saturated carbocycles. The van der Waals surface area contributed by atoms with E-state index >= 15 is 0 Å². The molecule has 0 aromatic heterocycles. The summed E-state index contributed by atoms with van der Waals surface area (Å²) in [7, 11) is -1.30. The van der Waals surface area contributed by atoms with Gasteiger partial charge in [0.05, 0.1) is 25.9 Å². The molecule has 0 bridgehead atoms. The van der Waals surface area contributed by atoms with Crippen molar-refractivity contribution in [2.75, 3.05) is 6.61 Å². The highest BCUT2D eigenvalue weighted by molar-refractivity contribution is 6.76. The number of rotatable bonds is 12. The first-order valence-electron chi connectivity index (χ1n) is 15.3. The topological polar surface area (TPSA) is 35.5 Å². The summed E-state index contributed by atoms with van der Waals surface area (Å²) in [4.78, 5) is 14.6. The number of hydrogen-bond acceptors (Lipinski definition) is 3. The van der Waals surface area contributed by atoms with Crippen LogP contribution in [0.5, 0.6) is 0 Å². The summed E-state index contributed by atoms with van der Waals surface area (Å²) in [5.74, 6) is 0.188. The monoisotopic (exact) mass is 570 g/mol. The van der Waals surface area contributed by atoms with Gasteiger partial charge in [0.1, 0.15) is 0 Å². The second-order valence-corrected chi connectivity index (χ2v) is 19.7. The van der Waals surface area contributed by atoms with E-state index in [4.69, 9.17) is 9.47 Å². The van der Waals surface area contributed by atoms with Gasteiger partial charge in [-0.15, -0.1) is 0 Å². The second-order valence-electron chi connectivity index (χ2n) is 14.3. The Bertz CT molecular complexity index is 1270. The number of carbonyl (C=O) groups is 1. The Kier molecular flexibility index (Phi) is 10.1. The highest BCUT2D eigenvalue weighted by Gasteiger charge is 2.42. The van der Waals surface area contributed by atoms with Crippen LogP contribution in [0.2, 0.25) is 25.7 Å². The van der Waals surface area contributed by atoms with Gasteiger partial charge in [0.25, 0.3) is 0 Å². The summed E-state index contributed by atoms with van der Waals surface area (Å²) in [5.41, 5.74) is 6.18. The van der Waals surface area contributed by atoms with Crippen LogP contribution in [-0.2, 0) is 27.5 Å². The van der Waals surface area contributed by atoms with E-state index in [-0.39, 0.29) is 22.7 Å². The highest BCUT2D eigenvalue weighted by atomic mass is 28.3. The Morgan fingerprint density at radius 3 is 2.12 bits per heavy atom. The van der Waals surface area contributed by atoms with Crippen molar-refractivity contribution in [1.29, 1.82) is 0 Å². The molecule has 2 aromatic carbocycles. The van der Waals surface area contributed by atoms with Crippen LogP contribution in [0.15, 0.2) is 95.6 Å². The second kappa shape index (κ2) is 13.2. The molecule has 2 aliphatic rings. The minimum Gasteiger partial charge on any atom is -0.372 e. The lowest BCUT2D eigenvalue weighted by Gasteiger charge is -2.41. The molecule has 0 amide bonds. The number of ketones is 1. The number of Topliss-reactive ketones (excluding diaryl/α,β-unsaturated/α-hetero) is 1. The lowest BCUT2D eigenvalue weighted by atomic mass is 9.65. The molecule has 0 fully saturated rings. The third-order valence-corrected chi connectivity index (χ3v) is 10.4. The number of carbonyl (C=O) groups excluding carboxylic acids is 1. The number of benzene rings is 2. The maximum atomic E-state index is 14.6. The van der Waals surface area contributed by atoms with Crippen LogP contribution in [-0.4, -0.2) is 26.6 Å². The fourth-order valence-electron chi connectivity index (χ4n) is 6.45. The van der Waals surface area contributed by atoms with Crippen molar-refractivity contribution in [3.05, 3.63) is 107 Å². The van der Waals surface area contributed by atoms with Crippen molar-refractivity contribution in [1.82, 2.24) is 0 Å². The molecule has 4 heteroatoms. The van der Waals surface area contributed by atoms with E-state index in [2.05, 4.69) is 77.3 Å². The molecule has 0 saturated heterocycles. The Labute approximate surface area is 249 Å². The largest absolute Gasteiger partial charge is 0.372 e. The van der Waals surface area contributed by atoms with Crippen molar-refractivity contribution in [2.24, 2.45) is 10.8 Å². The predicted molar refractivity (Wildman–Crippen MR) is 173 cm³/mol. The smallest absolute Gasteiger partial charge is 0.185 e. The minimum absolute atomic E-state index is 0.0351. The Balaban J connectivity index is 1.63. The molecular weight excluding hydrogens is 520 g/mol. The standard InChI is InChI=1S/C37H50O3Si/c1-28(27-41(5,6)7)37(4)21-14-19-31(23-37)35(38)34-32(26-39-24-29-15-10-8-11-16-29)33(20-22-36(34,2)3)40-25-30-17-12-9-13-18-30/h8-13,15-19,33H,1,14,20-27H2,2-7H3/t33-,37+/m1/s1. The zero-order chi connectivity index (χ0) is 29.7. The lowest BCUT2D eigenvalue weighted by Crippen LogP contribution is -2.37. The third-order valence-electron chi connectivity index (χ3n) is 8.86. The third kappa shape index (κ3) is 8.28. The van der Waals surface area contributed by atoms with E-state index < -0.39 is 8.07 Å². The van der Waals surface area contributed by atoms with Crippen LogP contribution in [0.1, 0.15) is 64.0 Å². The van der Waals surface area contributed by atoms with Gasteiger partial charge >= 0.3 is 0 Å². The Morgan fingerprint density at radius 2 is 1.51 bits per heavy atom. The lowest BCUT2D eigenvalue weighted by molar-refractivity contribution is -0.114. The van der Waals surface area contributed by atoms with Gasteiger partial charge in [0.2, 0.25) is 0 Å². The predicted octanol–water partition coefficient (Wildman–Crippen LogP) is 9.49. The van der Waals surface area contributed by atoms with Crippen LogP contribution in [0, 0.1) is 10.8 Å². The molecule has 2 aliphatic carbocycles. The fraction of sp³-hybridized carbons (Fsp3) is 0.486. The van der Waals surface area contributed by atoms with Gasteiger partial charge in [-0.3, -0.25) is 4.79 Å². The summed E-state index contributed by atoms with van der Waals surface area (Å²) in [6.45, 7) is 20.0. The molecule has 0 spiro atoms. The van der Waals surface area contributed by atoms with E-state index in [1.165, 1.54) is 5.57 Å². The molecule has 220 valence electrons. The minimum atomic E-state index is -1.30. The van der Waals surface area contributed by atoms with Gasteiger partial charge < -0.3 is 9.47 Å². The first-order chi connectivity index (χ1) is 19.4. The van der Waals surface area contributed by atoms with E-state index in [0.29, 0.717) is 19.8 Å². The summed E-state index contributed by atoms with van der Waals surface area (Å²) < 4.78 is 12.9. The van der Waals surface area contributed by atoms with E-state index in [1.54, 1.807) is 0 Å². The summed E-state index contributed by atoms with van der Waals surface area (Å²) in [6.07, 6.45) is 6.59. The molecule has 0 aliphatic heterocycles. The van der Waals surface area contributed by atoms with Gasteiger partial charge in [0.15, 0.2) is 5.78 Å². The maximum absolute atomic E-state index is 14.6. The van der Waals surface area contributed by atoms with Crippen molar-refractivity contribution < 1.29 is 14.3 Å². The molecule has 0 heterocycles. The van der Waals surface area contributed by atoms with E-state index in [1.807, 2.05) is 36.4 Å². The average molecular weight is 571 g/mol. The van der Waals surface area contributed by atoms with Gasteiger partial charge in [-0.2, -0.15) is 0 Å². The molecular formula is C37H50O3Si. The molecule has 2 aromatic rings. The Hall–Kier alpha value is -2.53. The van der Waals surface area contributed by atoms with Crippen LogP contribution < -0.4 is 0 Å². The summed E-state index contributed by atoms with van der Waals surface area (Å²) in [5, 5.41) is 0. The van der Waals surface area contributed by atoms with Crippen molar-refractivity contribution in [3.63, 3.8) is 0 Å². The molecule has 0 unspecified atom stereocenters. The molecule has 41 heavy (non-hydrogen) atoms. The number of hydrogen-bond donors (Lipinski definition) is 0. The zero-order valence-corrected chi connectivity index (χ0v) is 27.2. The average Bonchev–Trinajstić information content (AvgIpc) is 2.92. The number of allylic oxidation sites excluding steroid dienone is 4. The highest BCUT2D eigenvalue weighted by Crippen LogP contribution is 2.48. The van der Waals surface area contributed by atoms with Gasteiger partial charge in [-0.25, -0.2) is 0 Å². The quantitative estimate of drug-likeness (QED) is 0.188. The maximum Gasteiger partial charge on any atom is 0.185 e. The van der Waals surface area contributed by atoms with Crippen LogP contribution in [0.4, 0.5) is 0 Å². The van der Waals surface area contributed by atoms with Crippen molar-refractivity contribution >= 4 is 13.9 Å². The van der Waals surface area contributed by atoms with Crippen molar-refractivity contribution in [3.8, 4) is 0 Å². The van der Waals surface area contributed by atoms with Gasteiger partial charge in [0, 0.05) is 13.6 Å². The van der Waals surface area contributed by atoms with Crippen LogP contribution in [0.3, 0.4) is 0 Å². The normalized spacial score (nSPS) is 22.8. The first-order valence-corrected chi connectivity index (χ1v) is 19.0. The molecule has 0 radical (unpaired) electrons. The van der Waals surface area contributed by atoms with Crippen molar-refractivity contribution in [2.45, 2.75) is 97.9 Å². The first kappa shape index (κ1) is 31.4. The SMILES string of the molecule is C=C(C[Si](C)(C)C)[C@@]1(C)CCC=C(C(=O)C2=C(COCc3ccccc3)[C@H](OCc3ccccc3)CCC2(C)C)C1. The van der Waals surface area contributed by atoms with E-state index in [0.717, 1.165) is 66.0 Å². The number of ether oxygens (including phenoxy) is 2. The summed E-state index contributed by atoms with van der Waals surface area (Å²) in [6, 6.07) is 21.6. The fourth-order valence-corrected chi connectivity index (χ4v) is 8.15.